The minimum absolute atomic E-state index is 0.193. The molecular weight excluding hydrogens is 316 g/mol. The van der Waals surface area contributed by atoms with E-state index < -0.39 is 0 Å². The molecule has 0 saturated carbocycles. The average Bonchev–Trinajstić information content (AvgIpc) is 2.36. The Kier molecular flexibility index (Phi) is 4.13. The van der Waals surface area contributed by atoms with Gasteiger partial charge in [0, 0.05) is 17.3 Å². The van der Waals surface area contributed by atoms with Crippen LogP contribution < -0.4 is 0 Å². The van der Waals surface area contributed by atoms with Crippen LogP contribution in [0.1, 0.15) is 10.4 Å². The second kappa shape index (κ2) is 5.45. The molecule has 2 rings (SSSR count). The number of hydrogen-bond donors (Lipinski definition) is 0. The van der Waals surface area contributed by atoms with Crippen LogP contribution in [0.15, 0.2) is 24.4 Å². The van der Waals surface area contributed by atoms with Gasteiger partial charge >= 0.3 is 0 Å². The Balaban J connectivity index is 2.77. The van der Waals surface area contributed by atoms with Crippen LogP contribution >= 0.6 is 46.4 Å². The topological polar surface area (TPSA) is 30.0 Å². The quantitative estimate of drug-likeness (QED) is 0.564. The zero-order chi connectivity index (χ0) is 13.3. The molecule has 0 N–H and O–H groups in total. The summed E-state index contributed by atoms with van der Waals surface area (Å²) < 4.78 is 0. The number of carbonyl (C=O) groups is 1. The van der Waals surface area contributed by atoms with Crippen LogP contribution in [0.25, 0.3) is 11.3 Å². The fourth-order valence-electron chi connectivity index (χ4n) is 1.47. The molecule has 1 aromatic heterocycles. The van der Waals surface area contributed by atoms with Gasteiger partial charge in [-0.3, -0.25) is 9.78 Å². The van der Waals surface area contributed by atoms with E-state index in [1.807, 2.05) is 0 Å². The van der Waals surface area contributed by atoms with Crippen LogP contribution in [0.2, 0.25) is 20.1 Å². The third-order valence-corrected chi connectivity index (χ3v) is 3.84. The van der Waals surface area contributed by atoms with Gasteiger partial charge in [-0.15, -0.1) is 0 Å². The van der Waals surface area contributed by atoms with Crippen molar-refractivity contribution in [1.82, 2.24) is 4.98 Å². The van der Waals surface area contributed by atoms with E-state index in [2.05, 4.69) is 4.98 Å². The third kappa shape index (κ3) is 2.34. The van der Waals surface area contributed by atoms with Crippen molar-refractivity contribution in [1.29, 1.82) is 0 Å². The molecule has 1 aromatic carbocycles. The van der Waals surface area contributed by atoms with Crippen molar-refractivity contribution in [3.05, 3.63) is 50.0 Å². The molecule has 0 saturated heterocycles. The first-order valence-electron chi connectivity index (χ1n) is 4.79. The Morgan fingerprint density at radius 3 is 2.28 bits per heavy atom. The van der Waals surface area contributed by atoms with Gasteiger partial charge < -0.3 is 0 Å². The summed E-state index contributed by atoms with van der Waals surface area (Å²) in [5, 5.41) is 1.15. The van der Waals surface area contributed by atoms with Crippen molar-refractivity contribution in [2.24, 2.45) is 0 Å². The molecule has 0 radical (unpaired) electrons. The number of nitrogens with zero attached hydrogens (tertiary/aromatic N) is 1. The third-order valence-electron chi connectivity index (χ3n) is 2.33. The van der Waals surface area contributed by atoms with E-state index >= 15 is 0 Å². The van der Waals surface area contributed by atoms with Gasteiger partial charge in [-0.25, -0.2) is 0 Å². The highest BCUT2D eigenvalue weighted by Crippen LogP contribution is 2.41. The van der Waals surface area contributed by atoms with E-state index in [0.717, 1.165) is 0 Å². The summed E-state index contributed by atoms with van der Waals surface area (Å²) in [5.41, 5.74) is 1.06. The molecule has 0 unspecified atom stereocenters. The molecule has 0 atom stereocenters. The molecule has 0 bridgehead atoms. The molecule has 0 amide bonds. The number of pyridine rings is 1. The van der Waals surface area contributed by atoms with E-state index in [1.165, 1.54) is 12.3 Å². The van der Waals surface area contributed by atoms with Gasteiger partial charge in [0.25, 0.3) is 0 Å². The summed E-state index contributed by atoms with van der Waals surface area (Å²) >= 11 is 24.2. The highest BCUT2D eigenvalue weighted by molar-refractivity contribution is 6.46. The second-order valence-electron chi connectivity index (χ2n) is 3.40. The van der Waals surface area contributed by atoms with Crippen molar-refractivity contribution in [3.63, 3.8) is 0 Å². The lowest BCUT2D eigenvalue weighted by atomic mass is 10.1. The molecular formula is C12H5Cl4NO. The van der Waals surface area contributed by atoms with Gasteiger partial charge in [-0.05, 0) is 18.2 Å². The van der Waals surface area contributed by atoms with Gasteiger partial charge in [-0.2, -0.15) is 0 Å². The first-order valence-corrected chi connectivity index (χ1v) is 6.31. The van der Waals surface area contributed by atoms with E-state index in [-0.39, 0.29) is 10.0 Å². The highest BCUT2D eigenvalue weighted by Gasteiger charge is 2.17. The first kappa shape index (κ1) is 13.6. The number of hydrogen-bond acceptors (Lipinski definition) is 2. The van der Waals surface area contributed by atoms with E-state index in [4.69, 9.17) is 46.4 Å². The number of halogens is 4. The summed E-state index contributed by atoms with van der Waals surface area (Å²) in [7, 11) is 0. The van der Waals surface area contributed by atoms with Gasteiger partial charge in [0.2, 0.25) is 0 Å². The SMILES string of the molecule is O=Cc1ccnc(-c2c(Cl)ccc(Cl)c2Cl)c1Cl. The minimum Gasteiger partial charge on any atom is -0.298 e. The summed E-state index contributed by atoms with van der Waals surface area (Å²) in [4.78, 5) is 14.9. The van der Waals surface area contributed by atoms with Crippen LogP contribution in [0.3, 0.4) is 0 Å². The maximum atomic E-state index is 10.8. The normalized spacial score (nSPS) is 10.4. The largest absolute Gasteiger partial charge is 0.298 e. The molecule has 0 fully saturated rings. The van der Waals surface area contributed by atoms with Crippen molar-refractivity contribution in [3.8, 4) is 11.3 Å². The molecule has 0 aliphatic rings. The average molecular weight is 321 g/mol. The van der Waals surface area contributed by atoms with Gasteiger partial charge in [0.05, 0.1) is 25.8 Å². The fraction of sp³-hybridized carbons (Fsp3) is 0. The number of carbonyl (C=O) groups excluding carboxylic acids is 1. The van der Waals surface area contributed by atoms with Crippen molar-refractivity contribution in [2.75, 3.05) is 0 Å². The molecule has 92 valence electrons. The smallest absolute Gasteiger partial charge is 0.151 e. The Morgan fingerprint density at radius 1 is 0.944 bits per heavy atom. The molecule has 18 heavy (non-hydrogen) atoms. The van der Waals surface area contributed by atoms with Crippen LogP contribution in [-0.2, 0) is 0 Å². The summed E-state index contributed by atoms with van der Waals surface area (Å²) in [6, 6.07) is 4.68. The Hall–Kier alpha value is -0.800. The fourth-order valence-corrected chi connectivity index (χ4v) is 2.43. The minimum atomic E-state index is 0.193. The summed E-state index contributed by atoms with van der Waals surface area (Å²) in [6.07, 6.45) is 2.10. The maximum Gasteiger partial charge on any atom is 0.151 e. The standard InChI is InChI=1S/C12H5Cl4NO/c13-7-1-2-8(14)11(16)9(7)12-10(15)6(5-18)3-4-17-12/h1-5H. The molecule has 2 aromatic rings. The van der Waals surface area contributed by atoms with Crippen LogP contribution in [0, 0.1) is 0 Å². The zero-order valence-electron chi connectivity index (χ0n) is 8.75. The molecule has 0 spiro atoms. The predicted molar refractivity (Wildman–Crippen MR) is 75.1 cm³/mol. The molecule has 1 heterocycles. The lowest BCUT2D eigenvalue weighted by Gasteiger charge is -2.10. The molecule has 2 nitrogen and oxygen atoms in total. The summed E-state index contributed by atoms with van der Waals surface area (Å²) in [5.74, 6) is 0. The first-order chi connectivity index (χ1) is 8.56. The molecule has 0 aliphatic carbocycles. The van der Waals surface area contributed by atoms with Crippen LogP contribution in [-0.4, -0.2) is 11.3 Å². The summed E-state index contributed by atoms with van der Waals surface area (Å²) in [6.45, 7) is 0. The number of benzene rings is 1. The number of aldehydes is 1. The maximum absolute atomic E-state index is 10.8. The van der Waals surface area contributed by atoms with E-state index in [9.17, 15) is 4.79 Å². The van der Waals surface area contributed by atoms with Crippen molar-refractivity contribution < 1.29 is 4.79 Å². The predicted octanol–water partition coefficient (Wildman–Crippen LogP) is 5.17. The lowest BCUT2D eigenvalue weighted by molar-refractivity contribution is 0.112. The van der Waals surface area contributed by atoms with Crippen LogP contribution in [0.5, 0.6) is 0 Å². The van der Waals surface area contributed by atoms with Crippen molar-refractivity contribution in [2.45, 2.75) is 0 Å². The number of rotatable bonds is 2. The van der Waals surface area contributed by atoms with Gasteiger partial charge in [0.1, 0.15) is 0 Å². The Labute approximate surface area is 123 Å². The van der Waals surface area contributed by atoms with Gasteiger partial charge in [-0.1, -0.05) is 46.4 Å². The Morgan fingerprint density at radius 2 is 1.61 bits per heavy atom. The monoisotopic (exact) mass is 319 g/mol. The molecule has 0 aliphatic heterocycles. The highest BCUT2D eigenvalue weighted by atomic mass is 35.5. The molecule has 6 heteroatoms. The second-order valence-corrected chi connectivity index (χ2v) is 4.97. The van der Waals surface area contributed by atoms with Gasteiger partial charge in [0.15, 0.2) is 6.29 Å². The van der Waals surface area contributed by atoms with Crippen LogP contribution in [0.4, 0.5) is 0 Å². The lowest BCUT2D eigenvalue weighted by Crippen LogP contribution is -1.92. The van der Waals surface area contributed by atoms with E-state index in [0.29, 0.717) is 33.2 Å². The van der Waals surface area contributed by atoms with E-state index in [1.54, 1.807) is 12.1 Å². The Bertz CT molecular complexity index is 628. The number of aromatic nitrogens is 1. The zero-order valence-corrected chi connectivity index (χ0v) is 11.8. The van der Waals surface area contributed by atoms with Crippen molar-refractivity contribution >= 4 is 52.7 Å².